The third-order valence-corrected chi connectivity index (χ3v) is 5.66. The summed E-state index contributed by atoms with van der Waals surface area (Å²) in [6.45, 7) is 1.92. The number of aryl methyl sites for hydroxylation is 1. The first-order chi connectivity index (χ1) is 16.0. The highest BCUT2D eigenvalue weighted by molar-refractivity contribution is 6.13. The molecule has 0 aliphatic heterocycles. The summed E-state index contributed by atoms with van der Waals surface area (Å²) in [5.41, 5.74) is 3.10. The second-order valence-corrected chi connectivity index (χ2v) is 7.52. The van der Waals surface area contributed by atoms with E-state index < -0.39 is 4.92 Å². The fraction of sp³-hybridized carbons (Fsp3) is 0.120. The van der Waals surface area contributed by atoms with Crippen LogP contribution < -0.4 is 9.47 Å². The van der Waals surface area contributed by atoms with Crippen LogP contribution in [-0.2, 0) is 0 Å². The first-order valence-electron chi connectivity index (χ1n) is 10.3. The number of hydrogen-bond donors (Lipinski definition) is 0. The van der Waals surface area contributed by atoms with Crippen LogP contribution in [0.15, 0.2) is 66.7 Å². The minimum Gasteiger partial charge on any atom is -0.493 e. The van der Waals surface area contributed by atoms with Crippen molar-refractivity contribution in [2.75, 3.05) is 14.2 Å². The minimum absolute atomic E-state index is 0.0251. The summed E-state index contributed by atoms with van der Waals surface area (Å²) in [5.74, 6) is 1.07. The topological polar surface area (TPSA) is 92.3 Å². The first kappa shape index (κ1) is 20.4. The number of rotatable bonds is 5. The molecule has 0 saturated carbocycles. The van der Waals surface area contributed by atoms with Gasteiger partial charge in [0, 0.05) is 16.8 Å². The van der Waals surface area contributed by atoms with Crippen molar-refractivity contribution in [3.05, 3.63) is 82.5 Å². The monoisotopic (exact) mass is 440 g/mol. The smallest absolute Gasteiger partial charge is 0.278 e. The molecular formula is C25H20N4O4. The zero-order chi connectivity index (χ0) is 23.1. The van der Waals surface area contributed by atoms with Crippen molar-refractivity contribution >= 4 is 27.5 Å². The molecule has 5 aromatic rings. The zero-order valence-electron chi connectivity index (χ0n) is 18.3. The van der Waals surface area contributed by atoms with Crippen molar-refractivity contribution in [2.45, 2.75) is 6.92 Å². The summed E-state index contributed by atoms with van der Waals surface area (Å²) in [7, 11) is 3.13. The molecule has 0 fully saturated rings. The molecule has 164 valence electrons. The number of pyridine rings is 1. The number of methoxy groups -OCH3 is 2. The van der Waals surface area contributed by atoms with Gasteiger partial charge in [0.25, 0.3) is 5.69 Å². The van der Waals surface area contributed by atoms with Crippen LogP contribution in [0.3, 0.4) is 0 Å². The van der Waals surface area contributed by atoms with Gasteiger partial charge in [0.15, 0.2) is 17.1 Å². The number of nitrogens with zero attached hydrogens (tertiary/aromatic N) is 4. The van der Waals surface area contributed by atoms with E-state index >= 15 is 0 Å². The number of para-hydroxylation sites is 2. The van der Waals surface area contributed by atoms with Gasteiger partial charge in [-0.15, -0.1) is 0 Å². The Morgan fingerprint density at radius 1 is 0.909 bits per heavy atom. The van der Waals surface area contributed by atoms with Gasteiger partial charge in [-0.2, -0.15) is 5.10 Å². The number of nitro groups is 1. The maximum Gasteiger partial charge on any atom is 0.278 e. The fourth-order valence-corrected chi connectivity index (χ4v) is 4.17. The van der Waals surface area contributed by atoms with E-state index in [0.29, 0.717) is 33.8 Å². The van der Waals surface area contributed by atoms with Gasteiger partial charge in [-0.3, -0.25) is 10.1 Å². The molecule has 2 aromatic heterocycles. The molecule has 2 heterocycles. The van der Waals surface area contributed by atoms with Crippen LogP contribution in [-0.4, -0.2) is 33.9 Å². The Morgan fingerprint density at radius 2 is 1.55 bits per heavy atom. The minimum atomic E-state index is -0.395. The van der Waals surface area contributed by atoms with Crippen LogP contribution in [0.2, 0.25) is 0 Å². The van der Waals surface area contributed by atoms with E-state index in [1.54, 1.807) is 37.1 Å². The second-order valence-electron chi connectivity index (χ2n) is 7.52. The Bertz CT molecular complexity index is 1530. The van der Waals surface area contributed by atoms with E-state index in [2.05, 4.69) is 0 Å². The van der Waals surface area contributed by atoms with Gasteiger partial charge >= 0.3 is 0 Å². The van der Waals surface area contributed by atoms with Crippen LogP contribution in [0, 0.1) is 17.0 Å². The lowest BCUT2D eigenvalue weighted by atomic mass is 9.99. The van der Waals surface area contributed by atoms with Gasteiger partial charge in [-0.1, -0.05) is 30.3 Å². The zero-order valence-corrected chi connectivity index (χ0v) is 18.3. The van der Waals surface area contributed by atoms with Crippen molar-refractivity contribution in [3.63, 3.8) is 0 Å². The lowest BCUT2D eigenvalue weighted by Crippen LogP contribution is -2.00. The molecule has 0 radical (unpaired) electrons. The molecule has 33 heavy (non-hydrogen) atoms. The average molecular weight is 440 g/mol. The van der Waals surface area contributed by atoms with Crippen molar-refractivity contribution in [3.8, 4) is 28.4 Å². The summed E-state index contributed by atoms with van der Waals surface area (Å²) in [5, 5.41) is 19.0. The average Bonchev–Trinajstić information content (AvgIpc) is 3.19. The molecule has 0 unspecified atom stereocenters. The summed E-state index contributed by atoms with van der Waals surface area (Å²) >= 11 is 0. The number of aromatic nitrogens is 3. The second kappa shape index (κ2) is 7.90. The lowest BCUT2D eigenvalue weighted by Gasteiger charge is -2.14. The van der Waals surface area contributed by atoms with Crippen molar-refractivity contribution in [2.24, 2.45) is 0 Å². The molecule has 5 rings (SSSR count). The molecular weight excluding hydrogens is 420 g/mol. The Balaban J connectivity index is 1.98. The standard InChI is InChI=1S/C25H20N4O4/c1-15-23-18-13-21(32-2)22(33-3)14-19(18)24(17-11-7-8-12-20(17)29(30)31)26-25(23)28(27-15)16-9-5-4-6-10-16/h4-14H,1-3H3. The van der Waals surface area contributed by atoms with Gasteiger partial charge in [0.1, 0.15) is 0 Å². The quantitative estimate of drug-likeness (QED) is 0.266. The van der Waals surface area contributed by atoms with E-state index in [1.165, 1.54) is 6.07 Å². The predicted molar refractivity (Wildman–Crippen MR) is 126 cm³/mol. The van der Waals surface area contributed by atoms with E-state index in [1.807, 2.05) is 49.4 Å². The van der Waals surface area contributed by atoms with Gasteiger partial charge in [-0.05, 0) is 37.3 Å². The Morgan fingerprint density at radius 3 is 2.21 bits per heavy atom. The van der Waals surface area contributed by atoms with Crippen molar-refractivity contribution in [1.82, 2.24) is 14.8 Å². The van der Waals surface area contributed by atoms with Crippen LogP contribution >= 0.6 is 0 Å². The van der Waals surface area contributed by atoms with Gasteiger partial charge in [0.2, 0.25) is 0 Å². The van der Waals surface area contributed by atoms with Crippen LogP contribution in [0.4, 0.5) is 5.69 Å². The Hall–Kier alpha value is -4.46. The van der Waals surface area contributed by atoms with Crippen LogP contribution in [0.5, 0.6) is 11.5 Å². The number of fused-ring (bicyclic) bond motifs is 3. The fourth-order valence-electron chi connectivity index (χ4n) is 4.17. The summed E-state index contributed by atoms with van der Waals surface area (Å²) in [4.78, 5) is 16.4. The normalized spacial score (nSPS) is 11.1. The number of hydrogen-bond acceptors (Lipinski definition) is 6. The summed E-state index contributed by atoms with van der Waals surface area (Å²) < 4.78 is 12.8. The summed E-state index contributed by atoms with van der Waals surface area (Å²) in [6.07, 6.45) is 0. The lowest BCUT2D eigenvalue weighted by molar-refractivity contribution is -0.384. The molecule has 8 nitrogen and oxygen atoms in total. The van der Waals surface area contributed by atoms with Crippen molar-refractivity contribution in [1.29, 1.82) is 0 Å². The van der Waals surface area contributed by atoms with Crippen LogP contribution in [0.1, 0.15) is 5.69 Å². The third-order valence-electron chi connectivity index (χ3n) is 5.66. The summed E-state index contributed by atoms with van der Waals surface area (Å²) in [6, 6.07) is 19.9. The third kappa shape index (κ3) is 3.23. The van der Waals surface area contributed by atoms with Gasteiger partial charge < -0.3 is 9.47 Å². The molecule has 3 aromatic carbocycles. The molecule has 0 saturated heterocycles. The SMILES string of the molecule is COc1cc2c(-c3ccccc3[N+](=O)[O-])nc3c(c(C)nn3-c3ccccc3)c2cc1OC. The molecule has 0 aliphatic rings. The predicted octanol–water partition coefficient (Wildman–Crippen LogP) is 5.47. The Kier molecular flexibility index (Phi) is 4.90. The molecule has 0 atom stereocenters. The number of nitro benzene ring substituents is 1. The van der Waals surface area contributed by atoms with Crippen LogP contribution in [0.25, 0.3) is 38.8 Å². The van der Waals surface area contributed by atoms with Crippen molar-refractivity contribution < 1.29 is 14.4 Å². The Labute approximate surface area is 189 Å². The number of benzene rings is 3. The molecule has 0 bridgehead atoms. The highest BCUT2D eigenvalue weighted by atomic mass is 16.6. The largest absolute Gasteiger partial charge is 0.493 e. The van der Waals surface area contributed by atoms with Gasteiger partial charge in [-0.25, -0.2) is 9.67 Å². The van der Waals surface area contributed by atoms with E-state index in [0.717, 1.165) is 22.2 Å². The maximum absolute atomic E-state index is 11.8. The molecule has 8 heteroatoms. The highest BCUT2D eigenvalue weighted by Gasteiger charge is 2.24. The van der Waals surface area contributed by atoms with E-state index in [9.17, 15) is 10.1 Å². The molecule has 0 N–H and O–H groups in total. The molecule has 0 aliphatic carbocycles. The first-order valence-corrected chi connectivity index (χ1v) is 10.3. The maximum atomic E-state index is 11.8. The van der Waals surface area contributed by atoms with E-state index in [4.69, 9.17) is 19.6 Å². The molecule has 0 spiro atoms. The highest BCUT2D eigenvalue weighted by Crippen LogP contribution is 2.42. The number of ether oxygens (including phenoxy) is 2. The van der Waals surface area contributed by atoms with Gasteiger partial charge in [0.05, 0.1) is 47.2 Å². The van der Waals surface area contributed by atoms with E-state index in [-0.39, 0.29) is 5.69 Å². The molecule has 0 amide bonds.